The first-order chi connectivity index (χ1) is 9.17. The van der Waals surface area contributed by atoms with E-state index in [4.69, 9.17) is 19.9 Å². The Morgan fingerprint density at radius 1 is 1.11 bits per heavy atom. The van der Waals surface area contributed by atoms with Gasteiger partial charge in [-0.1, -0.05) is 6.07 Å². The predicted octanol–water partition coefficient (Wildman–Crippen LogP) is 2.39. The van der Waals surface area contributed by atoms with E-state index in [-0.39, 0.29) is 6.10 Å². The maximum atomic E-state index is 5.69. The van der Waals surface area contributed by atoms with Crippen LogP contribution in [0.2, 0.25) is 0 Å². The molecule has 0 aliphatic carbocycles. The maximum Gasteiger partial charge on any atom is 0.161 e. The summed E-state index contributed by atoms with van der Waals surface area (Å²) >= 11 is 0. The number of hydrogen-bond acceptors (Lipinski definition) is 4. The molecule has 0 saturated carbocycles. The van der Waals surface area contributed by atoms with E-state index in [0.29, 0.717) is 26.4 Å². The summed E-state index contributed by atoms with van der Waals surface area (Å²) in [6.45, 7) is 8.32. The lowest BCUT2D eigenvalue weighted by atomic mass is 10.1. The zero-order valence-corrected chi connectivity index (χ0v) is 12.1. The second kappa shape index (κ2) is 8.77. The molecule has 1 aromatic carbocycles. The molecular formula is C15H25NO3. The fraction of sp³-hybridized carbons (Fsp3) is 0.600. The summed E-state index contributed by atoms with van der Waals surface area (Å²) in [6, 6.07) is 5.95. The van der Waals surface area contributed by atoms with Crippen LogP contribution in [-0.4, -0.2) is 32.5 Å². The van der Waals surface area contributed by atoms with Crippen molar-refractivity contribution < 1.29 is 14.2 Å². The van der Waals surface area contributed by atoms with Crippen molar-refractivity contribution in [2.45, 2.75) is 33.3 Å². The molecule has 1 aromatic rings. The number of hydrogen-bond donors (Lipinski definition) is 1. The standard InChI is InChI=1S/C15H25NO3/c1-4-17-15-11-13(7-8-16)5-6-14(15)19-10-9-18-12(2)3/h5-6,11-12H,4,7-10,16H2,1-3H3. The van der Waals surface area contributed by atoms with Crippen molar-refractivity contribution in [1.82, 2.24) is 0 Å². The lowest BCUT2D eigenvalue weighted by molar-refractivity contribution is 0.0545. The smallest absolute Gasteiger partial charge is 0.161 e. The molecule has 0 fully saturated rings. The van der Waals surface area contributed by atoms with Crippen LogP contribution in [0.15, 0.2) is 18.2 Å². The molecule has 0 unspecified atom stereocenters. The van der Waals surface area contributed by atoms with Crippen molar-refractivity contribution in [2.75, 3.05) is 26.4 Å². The Bertz CT molecular complexity index is 366. The average molecular weight is 267 g/mol. The molecule has 0 saturated heterocycles. The van der Waals surface area contributed by atoms with Gasteiger partial charge in [0.1, 0.15) is 6.61 Å². The molecule has 19 heavy (non-hydrogen) atoms. The molecule has 0 aliphatic heterocycles. The minimum atomic E-state index is 0.224. The molecule has 0 heterocycles. The van der Waals surface area contributed by atoms with E-state index >= 15 is 0 Å². The second-order valence-electron chi connectivity index (χ2n) is 4.52. The first-order valence-corrected chi connectivity index (χ1v) is 6.87. The molecule has 2 N–H and O–H groups in total. The lowest BCUT2D eigenvalue weighted by Crippen LogP contribution is -2.12. The van der Waals surface area contributed by atoms with Gasteiger partial charge in [-0.15, -0.1) is 0 Å². The van der Waals surface area contributed by atoms with Crippen LogP contribution < -0.4 is 15.2 Å². The molecule has 4 heteroatoms. The van der Waals surface area contributed by atoms with E-state index < -0.39 is 0 Å². The quantitative estimate of drug-likeness (QED) is 0.698. The fourth-order valence-corrected chi connectivity index (χ4v) is 1.70. The number of rotatable bonds is 9. The van der Waals surface area contributed by atoms with E-state index in [0.717, 1.165) is 23.5 Å². The summed E-state index contributed by atoms with van der Waals surface area (Å²) in [5.74, 6) is 1.54. The summed E-state index contributed by atoms with van der Waals surface area (Å²) < 4.78 is 16.7. The summed E-state index contributed by atoms with van der Waals surface area (Å²) in [4.78, 5) is 0. The first kappa shape index (κ1) is 15.8. The Labute approximate surface area is 115 Å². The third kappa shape index (κ3) is 5.94. The molecule has 4 nitrogen and oxygen atoms in total. The Kier molecular flexibility index (Phi) is 7.30. The van der Waals surface area contributed by atoms with Crippen LogP contribution in [0.25, 0.3) is 0 Å². The molecule has 0 atom stereocenters. The Morgan fingerprint density at radius 2 is 1.89 bits per heavy atom. The number of ether oxygens (including phenoxy) is 3. The van der Waals surface area contributed by atoms with E-state index in [1.807, 2.05) is 39.0 Å². The van der Waals surface area contributed by atoms with Crippen LogP contribution in [0.1, 0.15) is 26.3 Å². The summed E-state index contributed by atoms with van der Waals surface area (Å²) in [5, 5.41) is 0. The van der Waals surface area contributed by atoms with Gasteiger partial charge in [-0.2, -0.15) is 0 Å². The van der Waals surface area contributed by atoms with Crippen molar-refractivity contribution in [3.8, 4) is 11.5 Å². The topological polar surface area (TPSA) is 53.7 Å². The van der Waals surface area contributed by atoms with Crippen LogP contribution in [0.3, 0.4) is 0 Å². The zero-order chi connectivity index (χ0) is 14.1. The van der Waals surface area contributed by atoms with Crippen molar-refractivity contribution in [3.63, 3.8) is 0 Å². The van der Waals surface area contributed by atoms with Gasteiger partial charge in [0.25, 0.3) is 0 Å². The van der Waals surface area contributed by atoms with Crippen LogP contribution in [-0.2, 0) is 11.2 Å². The fourth-order valence-electron chi connectivity index (χ4n) is 1.70. The van der Waals surface area contributed by atoms with Gasteiger partial charge in [0, 0.05) is 0 Å². The highest BCUT2D eigenvalue weighted by Crippen LogP contribution is 2.28. The Hall–Kier alpha value is -1.26. The van der Waals surface area contributed by atoms with Crippen molar-refractivity contribution in [2.24, 2.45) is 5.73 Å². The van der Waals surface area contributed by atoms with Gasteiger partial charge in [-0.25, -0.2) is 0 Å². The highest BCUT2D eigenvalue weighted by Gasteiger charge is 2.06. The summed E-state index contributed by atoms with van der Waals surface area (Å²) in [7, 11) is 0. The summed E-state index contributed by atoms with van der Waals surface area (Å²) in [5.41, 5.74) is 6.72. The van der Waals surface area contributed by atoms with Crippen LogP contribution in [0, 0.1) is 0 Å². The van der Waals surface area contributed by atoms with Gasteiger partial charge in [0.2, 0.25) is 0 Å². The Morgan fingerprint density at radius 3 is 2.53 bits per heavy atom. The molecule has 0 spiro atoms. The van der Waals surface area contributed by atoms with Gasteiger partial charge in [-0.05, 0) is 51.4 Å². The molecule has 0 bridgehead atoms. The Balaban J connectivity index is 2.59. The van der Waals surface area contributed by atoms with E-state index in [1.54, 1.807) is 0 Å². The van der Waals surface area contributed by atoms with E-state index in [2.05, 4.69) is 0 Å². The van der Waals surface area contributed by atoms with Crippen LogP contribution in [0.4, 0.5) is 0 Å². The lowest BCUT2D eigenvalue weighted by Gasteiger charge is -2.14. The highest BCUT2D eigenvalue weighted by molar-refractivity contribution is 5.43. The minimum Gasteiger partial charge on any atom is -0.490 e. The largest absolute Gasteiger partial charge is 0.490 e. The zero-order valence-electron chi connectivity index (χ0n) is 12.1. The second-order valence-corrected chi connectivity index (χ2v) is 4.52. The minimum absolute atomic E-state index is 0.224. The van der Waals surface area contributed by atoms with Crippen LogP contribution in [0.5, 0.6) is 11.5 Å². The van der Waals surface area contributed by atoms with Crippen molar-refractivity contribution in [3.05, 3.63) is 23.8 Å². The SMILES string of the molecule is CCOc1cc(CCN)ccc1OCCOC(C)C. The molecular weight excluding hydrogens is 242 g/mol. The number of benzene rings is 1. The van der Waals surface area contributed by atoms with E-state index in [1.165, 1.54) is 0 Å². The van der Waals surface area contributed by atoms with Crippen molar-refractivity contribution in [1.29, 1.82) is 0 Å². The van der Waals surface area contributed by atoms with Gasteiger partial charge < -0.3 is 19.9 Å². The number of nitrogens with two attached hydrogens (primary N) is 1. The molecule has 0 radical (unpaired) electrons. The van der Waals surface area contributed by atoms with E-state index in [9.17, 15) is 0 Å². The predicted molar refractivity (Wildman–Crippen MR) is 77.0 cm³/mol. The highest BCUT2D eigenvalue weighted by atomic mass is 16.5. The normalized spacial score (nSPS) is 10.8. The maximum absolute atomic E-state index is 5.69. The van der Waals surface area contributed by atoms with Gasteiger partial charge in [0.15, 0.2) is 11.5 Å². The third-order valence-corrected chi connectivity index (χ3v) is 2.53. The molecule has 0 amide bonds. The molecule has 0 aliphatic rings. The summed E-state index contributed by atoms with van der Waals surface area (Å²) in [6.07, 6.45) is 1.07. The van der Waals surface area contributed by atoms with Gasteiger partial charge in [0.05, 0.1) is 19.3 Å². The van der Waals surface area contributed by atoms with Crippen LogP contribution >= 0.6 is 0 Å². The average Bonchev–Trinajstić information content (AvgIpc) is 2.37. The van der Waals surface area contributed by atoms with Gasteiger partial charge >= 0.3 is 0 Å². The van der Waals surface area contributed by atoms with Gasteiger partial charge in [-0.3, -0.25) is 0 Å². The molecule has 0 aromatic heterocycles. The molecule has 1 rings (SSSR count). The first-order valence-electron chi connectivity index (χ1n) is 6.87. The molecule has 108 valence electrons. The monoisotopic (exact) mass is 267 g/mol. The third-order valence-electron chi connectivity index (χ3n) is 2.53. The van der Waals surface area contributed by atoms with Crippen molar-refractivity contribution >= 4 is 0 Å².